The van der Waals surface area contributed by atoms with E-state index in [0.717, 1.165) is 12.8 Å². The fraction of sp³-hybridized carbons (Fsp3) is 0.868. The second kappa shape index (κ2) is 13.0. The van der Waals surface area contributed by atoms with E-state index in [2.05, 4.69) is 93.6 Å². The number of fused-ring (bicyclic) bond motifs is 5. The van der Waals surface area contributed by atoms with Gasteiger partial charge in [0.1, 0.15) is 12.4 Å². The van der Waals surface area contributed by atoms with Gasteiger partial charge < -0.3 is 23.4 Å². The largest absolute Gasteiger partial charge is 0.508 e. The summed E-state index contributed by atoms with van der Waals surface area (Å²) < 4.78 is 29.4. The molecule has 9 atom stereocenters. The third-order valence-corrected chi connectivity index (χ3v) is 18.4. The van der Waals surface area contributed by atoms with Gasteiger partial charge in [0.15, 0.2) is 8.32 Å². The Morgan fingerprint density at radius 3 is 2.33 bits per heavy atom. The summed E-state index contributed by atoms with van der Waals surface area (Å²) in [7, 11) is 1.25. The van der Waals surface area contributed by atoms with Crippen molar-refractivity contribution in [1.29, 1.82) is 0 Å². The molecule has 0 aromatic rings. The van der Waals surface area contributed by atoms with Gasteiger partial charge in [0.25, 0.3) is 0 Å². The number of hydrogen-bond donors (Lipinski definition) is 0. The van der Waals surface area contributed by atoms with Crippen LogP contribution in [0.5, 0.6) is 0 Å². The molecule has 0 bridgehead atoms. The molecule has 0 aromatic heterocycles. The van der Waals surface area contributed by atoms with Gasteiger partial charge in [0, 0.05) is 25.0 Å². The van der Waals surface area contributed by atoms with E-state index in [-0.39, 0.29) is 34.5 Å². The molecule has 7 heteroatoms. The minimum atomic E-state index is -1.80. The zero-order valence-corrected chi connectivity index (χ0v) is 32.0. The van der Waals surface area contributed by atoms with Crippen LogP contribution in [0.3, 0.4) is 0 Å². The van der Waals surface area contributed by atoms with Crippen LogP contribution in [0.2, 0.25) is 18.1 Å². The van der Waals surface area contributed by atoms with Gasteiger partial charge >= 0.3 is 6.16 Å². The smallest absolute Gasteiger partial charge is 0.438 e. The molecule has 0 unspecified atom stereocenters. The van der Waals surface area contributed by atoms with Crippen molar-refractivity contribution >= 4 is 14.5 Å². The van der Waals surface area contributed by atoms with Crippen molar-refractivity contribution < 1.29 is 28.2 Å². The van der Waals surface area contributed by atoms with Gasteiger partial charge in [-0.25, -0.2) is 4.79 Å². The number of methoxy groups -OCH3 is 2. The summed E-state index contributed by atoms with van der Waals surface area (Å²) in [6.07, 6.45) is 16.0. The second-order valence-electron chi connectivity index (χ2n) is 17.7. The van der Waals surface area contributed by atoms with Crippen LogP contribution < -0.4 is 0 Å². The molecule has 4 aliphatic carbocycles. The Labute approximate surface area is 276 Å². The number of allylic oxidation sites excluding steroid dienone is 1. The van der Waals surface area contributed by atoms with Crippen LogP contribution in [0.1, 0.15) is 114 Å². The van der Waals surface area contributed by atoms with E-state index in [1.807, 2.05) is 0 Å². The third-order valence-electron chi connectivity index (χ3n) is 13.8. The van der Waals surface area contributed by atoms with Crippen molar-refractivity contribution in [3.8, 4) is 0 Å². The Kier molecular flexibility index (Phi) is 10.6. The molecule has 0 spiro atoms. The highest BCUT2D eigenvalue weighted by Gasteiger charge is 2.62. The molecule has 4 rings (SSSR count). The molecule has 0 radical (unpaired) electrons. The van der Waals surface area contributed by atoms with E-state index in [1.54, 1.807) is 12.7 Å². The molecule has 3 fully saturated rings. The first-order valence-corrected chi connectivity index (χ1v) is 20.6. The van der Waals surface area contributed by atoms with Gasteiger partial charge in [-0.05, 0) is 125 Å². The summed E-state index contributed by atoms with van der Waals surface area (Å²) in [5.41, 5.74) is 0.836. The zero-order chi connectivity index (χ0) is 33.6. The summed E-state index contributed by atoms with van der Waals surface area (Å²) in [5, 5.41) is 0.236. The summed E-state index contributed by atoms with van der Waals surface area (Å²) in [6, 6.07) is 0. The van der Waals surface area contributed by atoms with Crippen molar-refractivity contribution in [3.63, 3.8) is 0 Å². The highest BCUT2D eigenvalue weighted by Crippen LogP contribution is 2.68. The number of hydrogen-bond acceptors (Lipinski definition) is 6. The molecule has 4 aliphatic rings. The average Bonchev–Trinajstić information content (AvgIpc) is 3.32. The Morgan fingerprint density at radius 2 is 1.71 bits per heavy atom. The Morgan fingerprint density at radius 1 is 1.02 bits per heavy atom. The monoisotopic (exact) mass is 646 g/mol. The maximum Gasteiger partial charge on any atom is 0.508 e. The average molecular weight is 647 g/mol. The molecule has 0 heterocycles. The van der Waals surface area contributed by atoms with Gasteiger partial charge in [0.2, 0.25) is 0 Å². The highest BCUT2D eigenvalue weighted by atomic mass is 28.4. The van der Waals surface area contributed by atoms with Crippen molar-refractivity contribution in [2.45, 2.75) is 149 Å². The van der Waals surface area contributed by atoms with Crippen molar-refractivity contribution in [1.82, 2.24) is 0 Å². The second-order valence-corrected chi connectivity index (χ2v) is 22.5. The van der Waals surface area contributed by atoms with E-state index in [1.165, 1.54) is 45.6 Å². The SMILES string of the molecule is COCOC(C)(C)[C@@H](C)/C=C/[C@](C)(OC(=O)OC)[C@H]1CC[C@H]2[C@@H]3CC=C4C[C@@H](O[Si](C)(C)C(C)(C)C)CC[C@]4(C)[C@H]3CC[C@@]21C. The molecule has 0 aromatic carbocycles. The normalized spacial score (nSPS) is 35.9. The first-order valence-electron chi connectivity index (χ1n) is 17.7. The van der Waals surface area contributed by atoms with E-state index >= 15 is 0 Å². The predicted molar refractivity (Wildman–Crippen MR) is 185 cm³/mol. The van der Waals surface area contributed by atoms with Crippen molar-refractivity contribution in [3.05, 3.63) is 23.8 Å². The standard InChI is InChI=1S/C38H66O6Si/c1-26(35(5,6)42-25-40-10)18-23-38(9,43-33(39)41-11)32-17-16-30-29-15-14-27-24-28(44-45(12,13)34(2,3)4)19-21-36(27,7)31(29)20-22-37(30,32)8/h14,18,23,26,28-32H,15-17,19-22,24-25H2,1-13H3/b23-18+/t26-,28-,29-,30-,31-,32-,36-,37-,38-/m0/s1. The highest BCUT2D eigenvalue weighted by molar-refractivity contribution is 6.74. The maximum atomic E-state index is 12.7. The lowest BCUT2D eigenvalue weighted by atomic mass is 9.46. The lowest BCUT2D eigenvalue weighted by Crippen LogP contribution is -2.54. The summed E-state index contributed by atoms with van der Waals surface area (Å²) in [4.78, 5) is 12.7. The molecule has 0 saturated heterocycles. The van der Waals surface area contributed by atoms with Crippen molar-refractivity contribution in [2.75, 3.05) is 21.0 Å². The minimum absolute atomic E-state index is 0.0872. The van der Waals surface area contributed by atoms with Crippen LogP contribution in [0.25, 0.3) is 0 Å². The predicted octanol–water partition coefficient (Wildman–Crippen LogP) is 10.1. The molecule has 0 aliphatic heterocycles. The molecule has 0 N–H and O–H groups in total. The van der Waals surface area contributed by atoms with Crippen molar-refractivity contribution in [2.24, 2.45) is 40.4 Å². The van der Waals surface area contributed by atoms with E-state index in [9.17, 15) is 4.79 Å². The molecule has 258 valence electrons. The van der Waals surface area contributed by atoms with Gasteiger partial charge in [0.05, 0.1) is 12.7 Å². The molecular weight excluding hydrogens is 580 g/mol. The molecule has 3 saturated carbocycles. The molecule has 6 nitrogen and oxygen atoms in total. The lowest BCUT2D eigenvalue weighted by Gasteiger charge is -2.59. The number of carbonyl (C=O) groups excluding carboxylic acids is 1. The summed E-state index contributed by atoms with van der Waals surface area (Å²) >= 11 is 0. The van der Waals surface area contributed by atoms with E-state index in [4.69, 9.17) is 23.4 Å². The zero-order valence-electron chi connectivity index (χ0n) is 31.0. The Balaban J connectivity index is 1.56. The van der Waals surface area contributed by atoms with E-state index < -0.39 is 25.7 Å². The quantitative estimate of drug-likeness (QED) is 0.102. The van der Waals surface area contributed by atoms with Gasteiger partial charge in [-0.3, -0.25) is 0 Å². The molecular formula is C38H66O6Si. The number of ether oxygens (including phenoxy) is 4. The minimum Gasteiger partial charge on any atom is -0.438 e. The summed E-state index contributed by atoms with van der Waals surface area (Å²) in [6.45, 7) is 25.6. The van der Waals surface area contributed by atoms with Crippen LogP contribution in [-0.4, -0.2) is 52.8 Å². The van der Waals surface area contributed by atoms with Crippen LogP contribution in [0, 0.1) is 40.4 Å². The van der Waals surface area contributed by atoms with Gasteiger partial charge in [-0.15, -0.1) is 0 Å². The Bertz CT molecular complexity index is 1120. The summed E-state index contributed by atoms with van der Waals surface area (Å²) in [5.74, 6) is 2.31. The fourth-order valence-electron chi connectivity index (χ4n) is 9.61. The van der Waals surface area contributed by atoms with Crippen LogP contribution in [0.15, 0.2) is 23.8 Å². The lowest BCUT2D eigenvalue weighted by molar-refractivity contribution is -0.128. The van der Waals surface area contributed by atoms with Gasteiger partial charge in [-0.2, -0.15) is 0 Å². The van der Waals surface area contributed by atoms with Crippen LogP contribution >= 0.6 is 0 Å². The van der Waals surface area contributed by atoms with E-state index in [0.29, 0.717) is 23.9 Å². The topological polar surface area (TPSA) is 63.2 Å². The van der Waals surface area contributed by atoms with Crippen LogP contribution in [-0.2, 0) is 23.4 Å². The first-order chi connectivity index (χ1) is 20.7. The molecule has 0 amide bonds. The molecule has 45 heavy (non-hydrogen) atoms. The number of carbonyl (C=O) groups is 1. The third kappa shape index (κ3) is 7.03. The maximum absolute atomic E-state index is 12.7. The Hall–Kier alpha value is -1.15. The fourth-order valence-corrected chi connectivity index (χ4v) is 11.0. The van der Waals surface area contributed by atoms with Gasteiger partial charge in [-0.1, -0.05) is 59.3 Å². The first kappa shape index (κ1) is 36.7. The van der Waals surface area contributed by atoms with Crippen LogP contribution in [0.4, 0.5) is 4.79 Å². The number of rotatable bonds is 10.